The molecule has 4 aromatic carbocycles. The minimum absolute atomic E-state index is 0.0452. The first-order valence-corrected chi connectivity index (χ1v) is 22.8. The van der Waals surface area contributed by atoms with E-state index in [4.69, 9.17) is 8.85 Å². The van der Waals surface area contributed by atoms with Crippen molar-refractivity contribution in [3.05, 3.63) is 121 Å². The van der Waals surface area contributed by atoms with Gasteiger partial charge in [0.05, 0.1) is 4.08 Å². The van der Waals surface area contributed by atoms with Crippen LogP contribution >= 0.6 is 23.5 Å². The van der Waals surface area contributed by atoms with E-state index in [1.54, 1.807) is 0 Å². The van der Waals surface area contributed by atoms with Crippen molar-refractivity contribution in [3.63, 3.8) is 0 Å². The van der Waals surface area contributed by atoms with E-state index < -0.39 is 16.6 Å². The lowest BCUT2D eigenvalue weighted by atomic mass is 9.73. The summed E-state index contributed by atoms with van der Waals surface area (Å²) in [5.74, 6) is 0.789. The fourth-order valence-electron chi connectivity index (χ4n) is 7.82. The summed E-state index contributed by atoms with van der Waals surface area (Å²) in [5.41, 5.74) is 0. The van der Waals surface area contributed by atoms with Crippen LogP contribution in [0.25, 0.3) is 0 Å². The Morgan fingerprint density at radius 3 is 1.13 bits per heavy atom. The molecule has 4 aromatic rings. The third-order valence-electron chi connectivity index (χ3n) is 10.2. The Morgan fingerprint density at radius 2 is 0.848 bits per heavy atom. The fraction of sp³-hybridized carbons (Fsp3) is 0.400. The van der Waals surface area contributed by atoms with E-state index in [2.05, 4.69) is 175 Å². The van der Waals surface area contributed by atoms with Gasteiger partial charge in [-0.25, -0.2) is 0 Å². The van der Waals surface area contributed by atoms with Crippen molar-refractivity contribution >= 4 is 60.9 Å². The predicted molar refractivity (Wildman–Crippen MR) is 209 cm³/mol. The molecule has 0 heterocycles. The number of hydrogen-bond acceptors (Lipinski definition) is 4. The Morgan fingerprint density at radius 1 is 0.543 bits per heavy atom. The third kappa shape index (κ3) is 6.38. The molecule has 244 valence electrons. The van der Waals surface area contributed by atoms with Crippen molar-refractivity contribution in [1.29, 1.82) is 0 Å². The molecule has 0 unspecified atom stereocenters. The highest BCUT2D eigenvalue weighted by Crippen LogP contribution is 2.59. The monoisotopic (exact) mass is 684 g/mol. The van der Waals surface area contributed by atoms with Gasteiger partial charge in [0.15, 0.2) is 0 Å². The van der Waals surface area contributed by atoms with Gasteiger partial charge in [0.25, 0.3) is 16.6 Å². The second kappa shape index (κ2) is 14.2. The topological polar surface area (TPSA) is 18.5 Å². The molecular formula is C40H52O2S2Si2. The lowest BCUT2D eigenvalue weighted by Crippen LogP contribution is -2.69. The Labute approximate surface area is 289 Å². The van der Waals surface area contributed by atoms with Crippen LogP contribution < -0.4 is 20.7 Å². The lowest BCUT2D eigenvalue weighted by molar-refractivity contribution is 0.0516. The molecule has 2 atom stereocenters. The summed E-state index contributed by atoms with van der Waals surface area (Å²) in [6, 6.07) is 44.2. The van der Waals surface area contributed by atoms with Crippen molar-refractivity contribution in [3.8, 4) is 0 Å². The summed E-state index contributed by atoms with van der Waals surface area (Å²) in [5, 5.41) is 5.26. The van der Waals surface area contributed by atoms with E-state index in [9.17, 15) is 0 Å². The maximum absolute atomic E-state index is 7.60. The normalized spacial score (nSPS) is 18.6. The Balaban J connectivity index is 1.52. The first kappa shape index (κ1) is 35.2. The van der Waals surface area contributed by atoms with Crippen LogP contribution in [0.3, 0.4) is 0 Å². The first-order valence-electron chi connectivity index (χ1n) is 16.6. The molecule has 0 aromatic heterocycles. The molecule has 0 N–H and O–H groups in total. The first-order chi connectivity index (χ1) is 21.9. The Hall–Kier alpha value is -2.07. The largest absolute Gasteiger partial charge is 0.407 e. The zero-order valence-electron chi connectivity index (χ0n) is 29.0. The molecule has 1 aliphatic rings. The summed E-state index contributed by atoms with van der Waals surface area (Å²) in [6.45, 7) is 15.7. The van der Waals surface area contributed by atoms with Crippen molar-refractivity contribution in [2.24, 2.45) is 11.8 Å². The number of benzene rings is 4. The summed E-state index contributed by atoms with van der Waals surface area (Å²) in [7, 11) is -5.29. The van der Waals surface area contributed by atoms with E-state index >= 15 is 0 Å². The third-order valence-corrected chi connectivity index (χ3v) is 23.5. The van der Waals surface area contributed by atoms with Crippen LogP contribution in [0, 0.1) is 11.8 Å². The minimum atomic E-state index is -2.66. The number of thioether (sulfide) groups is 2. The highest BCUT2D eigenvalue weighted by Gasteiger charge is 2.58. The molecule has 0 bridgehead atoms. The van der Waals surface area contributed by atoms with Crippen molar-refractivity contribution < 1.29 is 8.85 Å². The zero-order valence-corrected chi connectivity index (χ0v) is 32.6. The lowest BCUT2D eigenvalue weighted by Gasteiger charge is -2.56. The predicted octanol–water partition coefficient (Wildman–Crippen LogP) is 8.20. The Kier molecular flexibility index (Phi) is 10.9. The summed E-state index contributed by atoms with van der Waals surface area (Å²) in [6.07, 6.45) is 5.69. The van der Waals surface area contributed by atoms with Gasteiger partial charge in [0.2, 0.25) is 0 Å². The van der Waals surface area contributed by atoms with E-state index in [0.29, 0.717) is 11.8 Å². The average Bonchev–Trinajstić information content (AvgIpc) is 3.05. The fourth-order valence-corrected chi connectivity index (χ4v) is 19.6. The molecule has 1 aliphatic carbocycles. The van der Waals surface area contributed by atoms with E-state index in [-0.39, 0.29) is 14.2 Å². The van der Waals surface area contributed by atoms with E-state index in [1.165, 1.54) is 20.7 Å². The summed E-state index contributed by atoms with van der Waals surface area (Å²) >= 11 is 4.01. The number of hydrogen-bond donors (Lipinski definition) is 0. The van der Waals surface area contributed by atoms with Crippen LogP contribution in [0.4, 0.5) is 0 Å². The van der Waals surface area contributed by atoms with Gasteiger partial charge in [-0.15, -0.1) is 23.5 Å². The average molecular weight is 685 g/mol. The second-order valence-corrected chi connectivity index (χ2v) is 25.9. The van der Waals surface area contributed by atoms with E-state index in [0.717, 1.165) is 19.6 Å². The van der Waals surface area contributed by atoms with Gasteiger partial charge in [-0.05, 0) is 55.7 Å². The molecule has 0 spiro atoms. The van der Waals surface area contributed by atoms with Gasteiger partial charge in [-0.2, -0.15) is 0 Å². The maximum Gasteiger partial charge on any atom is 0.261 e. The molecule has 2 nitrogen and oxygen atoms in total. The van der Waals surface area contributed by atoms with Crippen LogP contribution in [0.2, 0.25) is 10.1 Å². The van der Waals surface area contributed by atoms with Crippen LogP contribution in [-0.2, 0) is 8.85 Å². The van der Waals surface area contributed by atoms with Crippen molar-refractivity contribution in [2.45, 2.75) is 62.1 Å². The summed E-state index contributed by atoms with van der Waals surface area (Å²) < 4.78 is 15.2. The molecular weight excluding hydrogens is 633 g/mol. The smallest absolute Gasteiger partial charge is 0.261 e. The molecule has 1 fully saturated rings. The van der Waals surface area contributed by atoms with Gasteiger partial charge in [0.1, 0.15) is 0 Å². The van der Waals surface area contributed by atoms with Crippen molar-refractivity contribution in [2.75, 3.05) is 25.7 Å². The molecule has 0 amide bonds. The molecule has 0 saturated heterocycles. The van der Waals surface area contributed by atoms with Gasteiger partial charge in [0, 0.05) is 19.1 Å². The van der Waals surface area contributed by atoms with Crippen molar-refractivity contribution in [1.82, 2.24) is 0 Å². The molecule has 0 aliphatic heterocycles. The van der Waals surface area contributed by atoms with Crippen LogP contribution in [0.15, 0.2) is 121 Å². The highest BCUT2D eigenvalue weighted by atomic mass is 32.2. The van der Waals surface area contributed by atoms with Gasteiger partial charge >= 0.3 is 0 Å². The molecule has 1 saturated carbocycles. The zero-order chi connectivity index (χ0) is 33.1. The SMILES string of the molecule is CSC1(SC)C[C@@H](CO[Si](c2ccccc2)(c2ccccc2)C(C)(C)C)[C@@H]1CO[Si](c1ccccc1)(c1ccccc1)C(C)(C)C. The quantitative estimate of drug-likeness (QED) is 0.111. The highest BCUT2D eigenvalue weighted by molar-refractivity contribution is 8.17. The van der Waals surface area contributed by atoms with Gasteiger partial charge in [-0.3, -0.25) is 0 Å². The van der Waals surface area contributed by atoms with Gasteiger partial charge in [-0.1, -0.05) is 163 Å². The molecule has 46 heavy (non-hydrogen) atoms. The maximum atomic E-state index is 7.60. The molecule has 6 heteroatoms. The van der Waals surface area contributed by atoms with Gasteiger partial charge < -0.3 is 8.85 Å². The molecule has 5 rings (SSSR count). The van der Waals surface area contributed by atoms with Crippen LogP contribution in [0.5, 0.6) is 0 Å². The van der Waals surface area contributed by atoms with Crippen LogP contribution in [0.1, 0.15) is 48.0 Å². The summed E-state index contributed by atoms with van der Waals surface area (Å²) in [4.78, 5) is 0. The Bertz CT molecular complexity index is 1440. The standard InChI is InChI=1S/C40H52O2S2Si2/c1-38(2,3)45(33-21-13-9-14-22-33,34-23-15-10-16-24-34)41-30-32-29-40(43-7,44-8)37(32)31-42-46(39(4,5)6,35-25-17-11-18-26-35)36-27-19-12-20-28-36/h9-28,32,37H,29-31H2,1-8H3/t32-,37-/m0/s1. The van der Waals surface area contributed by atoms with E-state index in [1.807, 2.05) is 23.5 Å². The number of rotatable bonds is 12. The molecule has 0 radical (unpaired) electrons. The van der Waals surface area contributed by atoms with Crippen LogP contribution in [-0.4, -0.2) is 46.4 Å². The second-order valence-electron chi connectivity index (χ2n) is 14.7. The minimum Gasteiger partial charge on any atom is -0.407 e.